The van der Waals surface area contributed by atoms with E-state index < -0.39 is 0 Å². The average molecular weight is 435 g/mol. The molecule has 1 rings (SSSR count). The molecule has 3 unspecified atom stereocenters. The molecule has 1 amide bonds. The molecule has 0 radical (unpaired) electrons. The molecule has 1 aliphatic heterocycles. The summed E-state index contributed by atoms with van der Waals surface area (Å²) in [5.74, 6) is 0.0479. The molecule has 180 valence electrons. The van der Waals surface area contributed by atoms with Gasteiger partial charge in [0.05, 0.1) is 12.7 Å². The van der Waals surface area contributed by atoms with E-state index in [4.69, 9.17) is 0 Å². The molecule has 0 bridgehead atoms. The third-order valence-corrected chi connectivity index (χ3v) is 6.89. The maximum Gasteiger partial charge on any atom is 0.221 e. The highest BCUT2D eigenvalue weighted by Crippen LogP contribution is 2.26. The second-order valence-electron chi connectivity index (χ2n) is 9.41. The fourth-order valence-corrected chi connectivity index (χ4v) is 4.86. The van der Waals surface area contributed by atoms with Crippen molar-refractivity contribution >= 4 is 5.91 Å². The number of amides is 1. The fraction of sp³-hybridized carbons (Fsp3) is 0.815. The summed E-state index contributed by atoms with van der Waals surface area (Å²) in [6.45, 7) is 9.20. The number of hydrogen-bond donors (Lipinski definition) is 2. The van der Waals surface area contributed by atoms with Crippen molar-refractivity contribution in [2.24, 2.45) is 0 Å². The van der Waals surface area contributed by atoms with E-state index >= 15 is 0 Å². The number of unbranched alkanes of at least 4 members (excludes halogenated alkanes) is 12. The fourth-order valence-electron chi connectivity index (χ4n) is 4.86. The SMILES string of the molecule is CCCCCCCCCCC/C=C/CCCCCC1NC=C[N+]1(CC)C(C)NC(C)=O. The van der Waals surface area contributed by atoms with E-state index in [9.17, 15) is 4.79 Å². The van der Waals surface area contributed by atoms with Crippen molar-refractivity contribution in [2.45, 2.75) is 136 Å². The molecule has 4 heteroatoms. The summed E-state index contributed by atoms with van der Waals surface area (Å²) >= 11 is 0. The van der Waals surface area contributed by atoms with E-state index in [0.717, 1.165) is 17.4 Å². The number of nitrogens with one attached hydrogen (secondary N) is 2. The minimum Gasteiger partial charge on any atom is -0.338 e. The summed E-state index contributed by atoms with van der Waals surface area (Å²) < 4.78 is 0.804. The van der Waals surface area contributed by atoms with Crippen LogP contribution in [0.25, 0.3) is 0 Å². The summed E-state index contributed by atoms with van der Waals surface area (Å²) in [5.41, 5.74) is 0. The average Bonchev–Trinajstić information content (AvgIpc) is 3.17. The Morgan fingerprint density at radius 2 is 1.48 bits per heavy atom. The smallest absolute Gasteiger partial charge is 0.221 e. The van der Waals surface area contributed by atoms with Crippen LogP contribution in [-0.4, -0.2) is 29.3 Å². The molecule has 1 aliphatic rings. The molecule has 1 heterocycles. The molecular weight excluding hydrogens is 382 g/mol. The largest absolute Gasteiger partial charge is 0.338 e. The Morgan fingerprint density at radius 1 is 0.935 bits per heavy atom. The molecule has 0 fully saturated rings. The van der Waals surface area contributed by atoms with Gasteiger partial charge in [0.15, 0.2) is 12.3 Å². The summed E-state index contributed by atoms with van der Waals surface area (Å²) in [4.78, 5) is 11.5. The van der Waals surface area contributed by atoms with Gasteiger partial charge in [-0.05, 0) is 39.0 Å². The second-order valence-corrected chi connectivity index (χ2v) is 9.41. The van der Waals surface area contributed by atoms with Crippen LogP contribution in [0.1, 0.15) is 124 Å². The predicted octanol–water partition coefficient (Wildman–Crippen LogP) is 7.13. The lowest BCUT2D eigenvalue weighted by molar-refractivity contribution is -0.923. The van der Waals surface area contributed by atoms with Crippen molar-refractivity contribution in [3.63, 3.8) is 0 Å². The highest BCUT2D eigenvalue weighted by molar-refractivity contribution is 5.72. The van der Waals surface area contributed by atoms with Gasteiger partial charge in [0.2, 0.25) is 5.91 Å². The topological polar surface area (TPSA) is 41.1 Å². The first-order valence-corrected chi connectivity index (χ1v) is 13.3. The van der Waals surface area contributed by atoms with Gasteiger partial charge in [-0.25, -0.2) is 0 Å². The molecule has 0 spiro atoms. The number of hydrogen-bond acceptors (Lipinski definition) is 2. The minimum atomic E-state index is 0.0479. The molecule has 0 saturated carbocycles. The lowest BCUT2D eigenvalue weighted by Gasteiger charge is -2.41. The van der Waals surface area contributed by atoms with Gasteiger partial charge >= 0.3 is 0 Å². The van der Waals surface area contributed by atoms with Crippen molar-refractivity contribution in [1.82, 2.24) is 10.6 Å². The van der Waals surface area contributed by atoms with Gasteiger partial charge in [-0.2, -0.15) is 0 Å². The lowest BCUT2D eigenvalue weighted by atomic mass is 10.1. The van der Waals surface area contributed by atoms with Crippen LogP contribution in [0.3, 0.4) is 0 Å². The van der Waals surface area contributed by atoms with Crippen molar-refractivity contribution in [3.05, 3.63) is 24.6 Å². The lowest BCUT2D eigenvalue weighted by Crippen LogP contribution is -2.62. The van der Waals surface area contributed by atoms with E-state index in [1.54, 1.807) is 6.92 Å². The van der Waals surface area contributed by atoms with E-state index in [-0.39, 0.29) is 12.1 Å². The second kappa shape index (κ2) is 17.3. The van der Waals surface area contributed by atoms with Crippen LogP contribution in [0.4, 0.5) is 0 Å². The molecule has 4 nitrogen and oxygen atoms in total. The van der Waals surface area contributed by atoms with E-state index in [2.05, 4.69) is 56.0 Å². The number of quaternary nitrogens is 1. The quantitative estimate of drug-likeness (QED) is 0.129. The van der Waals surface area contributed by atoms with Crippen LogP contribution in [-0.2, 0) is 4.79 Å². The van der Waals surface area contributed by atoms with E-state index in [1.807, 2.05) is 0 Å². The summed E-state index contributed by atoms with van der Waals surface area (Å²) in [7, 11) is 0. The summed E-state index contributed by atoms with van der Waals surface area (Å²) in [6, 6.07) is 0. The maximum atomic E-state index is 11.5. The maximum absolute atomic E-state index is 11.5. The summed E-state index contributed by atoms with van der Waals surface area (Å²) in [6.07, 6.45) is 29.6. The monoisotopic (exact) mass is 434 g/mol. The van der Waals surface area contributed by atoms with Gasteiger partial charge in [-0.3, -0.25) is 9.28 Å². The first kappa shape index (κ1) is 27.7. The Morgan fingerprint density at radius 3 is 2.03 bits per heavy atom. The van der Waals surface area contributed by atoms with Crippen molar-refractivity contribution in [1.29, 1.82) is 0 Å². The Balaban J connectivity index is 2.05. The third kappa shape index (κ3) is 11.2. The molecule has 2 N–H and O–H groups in total. The highest BCUT2D eigenvalue weighted by Gasteiger charge is 2.41. The van der Waals surface area contributed by atoms with Crippen LogP contribution in [0.2, 0.25) is 0 Å². The Kier molecular flexibility index (Phi) is 15.5. The number of carbonyl (C=O) groups excluding carboxylic acids is 1. The number of allylic oxidation sites excluding steroid dienone is 2. The molecule has 0 aromatic rings. The van der Waals surface area contributed by atoms with Gasteiger partial charge in [-0.1, -0.05) is 76.9 Å². The molecule has 0 aromatic carbocycles. The molecule has 0 aliphatic carbocycles. The van der Waals surface area contributed by atoms with Crippen LogP contribution in [0, 0.1) is 0 Å². The Labute approximate surface area is 193 Å². The third-order valence-electron chi connectivity index (χ3n) is 6.89. The zero-order valence-corrected chi connectivity index (χ0v) is 21.1. The summed E-state index contributed by atoms with van der Waals surface area (Å²) in [5, 5.41) is 6.63. The molecule has 31 heavy (non-hydrogen) atoms. The zero-order chi connectivity index (χ0) is 22.8. The van der Waals surface area contributed by atoms with Crippen LogP contribution >= 0.6 is 0 Å². The first-order valence-electron chi connectivity index (χ1n) is 13.3. The molecule has 0 saturated heterocycles. The normalized spacial score (nSPS) is 21.5. The standard InChI is InChI=1S/C27H51N3O/c1-5-7-8-9-10-11-12-13-14-15-16-17-18-19-20-21-22-27-28-23-24-30(27,6-2)25(3)29-26(4)31/h16-17,23-25,27-28H,5-15,18-22H2,1-4H3/p+1/b17-16+. The number of rotatable bonds is 19. The van der Waals surface area contributed by atoms with Crippen LogP contribution in [0.15, 0.2) is 24.6 Å². The molecule has 0 aromatic heterocycles. The zero-order valence-electron chi connectivity index (χ0n) is 21.1. The minimum absolute atomic E-state index is 0.0479. The van der Waals surface area contributed by atoms with Gasteiger partial charge in [-0.15, -0.1) is 0 Å². The predicted molar refractivity (Wildman–Crippen MR) is 134 cm³/mol. The molecule has 3 atom stereocenters. The van der Waals surface area contributed by atoms with Gasteiger partial charge in [0.25, 0.3) is 0 Å². The number of nitrogens with zero attached hydrogens (tertiary/aromatic N) is 1. The van der Waals surface area contributed by atoms with Crippen LogP contribution in [0.5, 0.6) is 0 Å². The van der Waals surface area contributed by atoms with E-state index in [1.165, 1.54) is 89.9 Å². The van der Waals surface area contributed by atoms with Crippen molar-refractivity contribution in [3.8, 4) is 0 Å². The Bertz CT molecular complexity index is 517. The first-order chi connectivity index (χ1) is 15.1. The van der Waals surface area contributed by atoms with Crippen molar-refractivity contribution < 1.29 is 9.28 Å². The highest BCUT2D eigenvalue weighted by atomic mass is 16.1. The van der Waals surface area contributed by atoms with E-state index in [0.29, 0.717) is 6.17 Å². The van der Waals surface area contributed by atoms with Crippen molar-refractivity contribution in [2.75, 3.05) is 6.54 Å². The number of carbonyl (C=O) groups is 1. The van der Waals surface area contributed by atoms with Gasteiger partial charge in [0.1, 0.15) is 6.20 Å². The molecular formula is C27H52N3O+. The Hall–Kier alpha value is -1.29. The van der Waals surface area contributed by atoms with Gasteiger partial charge < -0.3 is 10.6 Å². The van der Waals surface area contributed by atoms with Crippen LogP contribution < -0.4 is 10.6 Å². The van der Waals surface area contributed by atoms with Gasteiger partial charge in [0, 0.05) is 20.3 Å².